The van der Waals surface area contributed by atoms with Gasteiger partial charge in [0.1, 0.15) is 0 Å². The van der Waals surface area contributed by atoms with E-state index in [0.717, 1.165) is 45.4 Å². The lowest BCUT2D eigenvalue weighted by atomic mass is 9.82. The molecule has 1 fully saturated rings. The molecule has 0 unspecified atom stereocenters. The van der Waals surface area contributed by atoms with E-state index in [-0.39, 0.29) is 11.3 Å². The van der Waals surface area contributed by atoms with E-state index in [9.17, 15) is 4.79 Å². The number of piperidine rings is 1. The molecule has 0 N–H and O–H groups in total. The van der Waals surface area contributed by atoms with Crippen molar-refractivity contribution >= 4 is 5.91 Å². The van der Waals surface area contributed by atoms with Crippen molar-refractivity contribution in [3.05, 3.63) is 11.6 Å². The highest BCUT2D eigenvalue weighted by atomic mass is 16.2. The van der Waals surface area contributed by atoms with Gasteiger partial charge in [0.15, 0.2) is 0 Å². The second-order valence-electron chi connectivity index (χ2n) is 7.09. The van der Waals surface area contributed by atoms with E-state index < -0.39 is 0 Å². The Balaban J connectivity index is 1.91. The van der Waals surface area contributed by atoms with Crippen LogP contribution in [-0.4, -0.2) is 48.9 Å². The number of rotatable bonds is 1. The van der Waals surface area contributed by atoms with E-state index in [2.05, 4.69) is 43.7 Å². The number of carbonyl (C=O) groups excluding carboxylic acids is 1. The lowest BCUT2D eigenvalue weighted by Crippen LogP contribution is -2.43. The topological polar surface area (TPSA) is 23.6 Å². The molecule has 1 saturated heterocycles. The molecule has 108 valence electrons. The summed E-state index contributed by atoms with van der Waals surface area (Å²) >= 11 is 0. The van der Waals surface area contributed by atoms with Crippen LogP contribution in [-0.2, 0) is 4.79 Å². The van der Waals surface area contributed by atoms with Gasteiger partial charge < -0.3 is 9.80 Å². The van der Waals surface area contributed by atoms with Gasteiger partial charge in [0.2, 0.25) is 5.91 Å². The highest BCUT2D eigenvalue weighted by Gasteiger charge is 2.29. The first kappa shape index (κ1) is 14.6. The van der Waals surface area contributed by atoms with Gasteiger partial charge in [-0.1, -0.05) is 32.4 Å². The molecule has 0 aromatic carbocycles. The van der Waals surface area contributed by atoms with E-state index in [1.807, 2.05) is 0 Å². The zero-order valence-electron chi connectivity index (χ0n) is 12.9. The lowest BCUT2D eigenvalue weighted by molar-refractivity contribution is -0.136. The number of hydrogen-bond acceptors (Lipinski definition) is 2. The third kappa shape index (κ3) is 3.59. The fraction of sp³-hybridized carbons (Fsp3) is 0.812. The fourth-order valence-corrected chi connectivity index (χ4v) is 3.06. The van der Waals surface area contributed by atoms with Gasteiger partial charge in [-0.2, -0.15) is 0 Å². The minimum absolute atomic E-state index is 0.253. The maximum Gasteiger partial charge on any atom is 0.226 e. The van der Waals surface area contributed by atoms with E-state index >= 15 is 0 Å². The Morgan fingerprint density at radius 2 is 1.84 bits per heavy atom. The van der Waals surface area contributed by atoms with Crippen LogP contribution in [0.3, 0.4) is 0 Å². The quantitative estimate of drug-likeness (QED) is 0.680. The van der Waals surface area contributed by atoms with Crippen LogP contribution in [0.15, 0.2) is 11.6 Å². The summed E-state index contributed by atoms with van der Waals surface area (Å²) in [5.41, 5.74) is 1.75. The Morgan fingerprint density at radius 3 is 2.32 bits per heavy atom. The summed E-state index contributed by atoms with van der Waals surface area (Å²) in [6, 6.07) is 0. The highest BCUT2D eigenvalue weighted by Crippen LogP contribution is 2.31. The molecule has 19 heavy (non-hydrogen) atoms. The minimum Gasteiger partial charge on any atom is -0.338 e. The van der Waals surface area contributed by atoms with Crippen molar-refractivity contribution < 1.29 is 4.79 Å². The van der Waals surface area contributed by atoms with Gasteiger partial charge in [-0.25, -0.2) is 0 Å². The predicted molar refractivity (Wildman–Crippen MR) is 79.0 cm³/mol. The summed E-state index contributed by atoms with van der Waals surface area (Å²) in [6.07, 6.45) is 5.38. The molecule has 0 atom stereocenters. The molecular formula is C16H28N2O. The number of amides is 1. The van der Waals surface area contributed by atoms with E-state index in [1.165, 1.54) is 5.57 Å². The van der Waals surface area contributed by atoms with Crippen LogP contribution < -0.4 is 0 Å². The SMILES string of the molecule is CN1CCC(C(=O)N2CC=C(C(C)(C)C)CC2)CC1. The number of carbonyl (C=O) groups is 1. The average Bonchev–Trinajstić information content (AvgIpc) is 2.38. The maximum absolute atomic E-state index is 12.5. The zero-order valence-corrected chi connectivity index (χ0v) is 12.9. The molecule has 3 nitrogen and oxygen atoms in total. The van der Waals surface area contributed by atoms with Crippen molar-refractivity contribution in [3.63, 3.8) is 0 Å². The van der Waals surface area contributed by atoms with E-state index in [1.54, 1.807) is 0 Å². The Bertz CT molecular complexity index is 359. The van der Waals surface area contributed by atoms with Gasteiger partial charge in [0.05, 0.1) is 0 Å². The van der Waals surface area contributed by atoms with Gasteiger partial charge in [0, 0.05) is 19.0 Å². The van der Waals surface area contributed by atoms with Crippen molar-refractivity contribution in [3.8, 4) is 0 Å². The third-order valence-corrected chi connectivity index (χ3v) is 4.55. The van der Waals surface area contributed by atoms with Crippen LogP contribution in [0.4, 0.5) is 0 Å². The molecule has 3 heteroatoms. The van der Waals surface area contributed by atoms with Crippen LogP contribution in [0.2, 0.25) is 0 Å². The molecule has 2 aliphatic rings. The van der Waals surface area contributed by atoms with Gasteiger partial charge in [-0.05, 0) is 44.8 Å². The molecular weight excluding hydrogens is 236 g/mol. The average molecular weight is 264 g/mol. The molecule has 2 rings (SSSR count). The number of likely N-dealkylation sites (tertiary alicyclic amines) is 1. The zero-order chi connectivity index (χ0) is 14.0. The second-order valence-corrected chi connectivity index (χ2v) is 7.09. The summed E-state index contributed by atoms with van der Waals surface area (Å²) in [5.74, 6) is 0.651. The second kappa shape index (κ2) is 5.66. The smallest absolute Gasteiger partial charge is 0.226 e. The Morgan fingerprint density at radius 1 is 1.21 bits per heavy atom. The van der Waals surface area contributed by atoms with Crippen LogP contribution in [0, 0.1) is 11.3 Å². The van der Waals surface area contributed by atoms with Crippen molar-refractivity contribution in [2.24, 2.45) is 11.3 Å². The summed E-state index contributed by atoms with van der Waals surface area (Å²) in [4.78, 5) is 16.9. The molecule has 0 saturated carbocycles. The predicted octanol–water partition coefficient (Wildman–Crippen LogP) is 2.53. The van der Waals surface area contributed by atoms with Crippen molar-refractivity contribution in [2.75, 3.05) is 33.2 Å². The van der Waals surface area contributed by atoms with Crippen molar-refractivity contribution in [1.29, 1.82) is 0 Å². The summed E-state index contributed by atoms with van der Waals surface area (Å²) < 4.78 is 0. The fourth-order valence-electron chi connectivity index (χ4n) is 3.06. The van der Waals surface area contributed by atoms with E-state index in [0.29, 0.717) is 5.91 Å². The van der Waals surface area contributed by atoms with Crippen LogP contribution >= 0.6 is 0 Å². The molecule has 0 aliphatic carbocycles. The first-order valence-corrected chi connectivity index (χ1v) is 7.55. The molecule has 2 heterocycles. The standard InChI is InChI=1S/C16H28N2O/c1-16(2,3)14-7-11-18(12-8-14)15(19)13-5-9-17(4)10-6-13/h7,13H,5-6,8-12H2,1-4H3. The largest absolute Gasteiger partial charge is 0.338 e. The molecule has 0 aromatic heterocycles. The Hall–Kier alpha value is -0.830. The molecule has 0 spiro atoms. The van der Waals surface area contributed by atoms with Crippen LogP contribution in [0.25, 0.3) is 0 Å². The van der Waals surface area contributed by atoms with E-state index in [4.69, 9.17) is 0 Å². The first-order chi connectivity index (χ1) is 8.88. The molecule has 0 bridgehead atoms. The molecule has 2 aliphatic heterocycles. The van der Waals surface area contributed by atoms with Gasteiger partial charge in [0.25, 0.3) is 0 Å². The molecule has 0 aromatic rings. The van der Waals surface area contributed by atoms with Crippen molar-refractivity contribution in [1.82, 2.24) is 9.80 Å². The Kier molecular flexibility index (Phi) is 4.34. The van der Waals surface area contributed by atoms with Gasteiger partial charge >= 0.3 is 0 Å². The normalized spacial score (nSPS) is 23.4. The van der Waals surface area contributed by atoms with Crippen LogP contribution in [0.1, 0.15) is 40.0 Å². The van der Waals surface area contributed by atoms with Gasteiger partial charge in [-0.15, -0.1) is 0 Å². The van der Waals surface area contributed by atoms with Gasteiger partial charge in [-0.3, -0.25) is 4.79 Å². The number of nitrogens with zero attached hydrogens (tertiary/aromatic N) is 2. The van der Waals surface area contributed by atoms with Crippen LogP contribution in [0.5, 0.6) is 0 Å². The molecule has 0 radical (unpaired) electrons. The third-order valence-electron chi connectivity index (χ3n) is 4.55. The molecule has 1 amide bonds. The first-order valence-electron chi connectivity index (χ1n) is 7.55. The lowest BCUT2D eigenvalue weighted by Gasteiger charge is -2.36. The summed E-state index contributed by atoms with van der Waals surface area (Å²) in [6.45, 7) is 10.6. The number of hydrogen-bond donors (Lipinski definition) is 0. The summed E-state index contributed by atoms with van der Waals surface area (Å²) in [5, 5.41) is 0. The van der Waals surface area contributed by atoms with Crippen molar-refractivity contribution in [2.45, 2.75) is 40.0 Å². The highest BCUT2D eigenvalue weighted by molar-refractivity contribution is 5.79. The minimum atomic E-state index is 0.253. The maximum atomic E-state index is 12.5. The monoisotopic (exact) mass is 264 g/mol. The summed E-state index contributed by atoms with van der Waals surface area (Å²) in [7, 11) is 2.14. The Labute approximate surface area is 117 Å².